The molecule has 18 heavy (non-hydrogen) atoms. The maximum Gasteiger partial charge on any atom is 0.257 e. The summed E-state index contributed by atoms with van der Waals surface area (Å²) in [5.74, 6) is 0.670. The lowest BCUT2D eigenvalue weighted by molar-refractivity contribution is 0.495. The Labute approximate surface area is 107 Å². The van der Waals surface area contributed by atoms with Crippen LogP contribution in [-0.2, 0) is 16.6 Å². The maximum atomic E-state index is 12.0. The van der Waals surface area contributed by atoms with E-state index >= 15 is 0 Å². The van der Waals surface area contributed by atoms with Gasteiger partial charge in [0.05, 0.1) is 6.20 Å². The normalized spacial score (nSPS) is 17.4. The van der Waals surface area contributed by atoms with Crippen molar-refractivity contribution >= 4 is 10.0 Å². The molecule has 1 aromatic rings. The molecule has 1 aliphatic carbocycles. The van der Waals surface area contributed by atoms with Gasteiger partial charge in [-0.2, -0.15) is 5.10 Å². The van der Waals surface area contributed by atoms with Crippen LogP contribution in [0.15, 0.2) is 11.2 Å². The van der Waals surface area contributed by atoms with E-state index < -0.39 is 10.0 Å². The highest BCUT2D eigenvalue weighted by atomic mass is 32.2. The van der Waals surface area contributed by atoms with Crippen molar-refractivity contribution in [1.82, 2.24) is 14.9 Å². The molecule has 0 unspecified atom stereocenters. The van der Waals surface area contributed by atoms with Gasteiger partial charge < -0.3 is 5.73 Å². The third kappa shape index (κ3) is 3.09. The van der Waals surface area contributed by atoms with Crippen molar-refractivity contribution in [3.8, 4) is 0 Å². The van der Waals surface area contributed by atoms with E-state index in [1.165, 1.54) is 31.9 Å². The van der Waals surface area contributed by atoms with Gasteiger partial charge in [0.2, 0.25) is 0 Å². The minimum Gasteiger partial charge on any atom is -0.326 e. The standard InChI is InChI=1S/C11H20N4O2S/c12-7-10-8-13-15-11(10)18(16,17)14-6-5-9-3-1-2-4-9/h8-9,14H,1-7,12H2,(H,13,15). The molecule has 0 atom stereocenters. The molecule has 6 nitrogen and oxygen atoms in total. The van der Waals surface area contributed by atoms with E-state index in [4.69, 9.17) is 5.73 Å². The number of rotatable bonds is 6. The lowest BCUT2D eigenvalue weighted by Gasteiger charge is -2.10. The fraction of sp³-hybridized carbons (Fsp3) is 0.727. The first kappa shape index (κ1) is 13.5. The van der Waals surface area contributed by atoms with Crippen molar-refractivity contribution in [3.63, 3.8) is 0 Å². The fourth-order valence-electron chi connectivity index (χ4n) is 2.45. The average Bonchev–Trinajstić information content (AvgIpc) is 2.99. The molecule has 0 amide bonds. The van der Waals surface area contributed by atoms with Gasteiger partial charge in [-0.1, -0.05) is 25.7 Å². The molecule has 0 saturated heterocycles. The second kappa shape index (κ2) is 5.81. The number of sulfonamides is 1. The van der Waals surface area contributed by atoms with Crippen LogP contribution in [0.5, 0.6) is 0 Å². The van der Waals surface area contributed by atoms with E-state index in [0.29, 0.717) is 18.0 Å². The molecular weight excluding hydrogens is 252 g/mol. The van der Waals surface area contributed by atoms with Gasteiger partial charge in [-0.15, -0.1) is 0 Å². The quantitative estimate of drug-likeness (QED) is 0.710. The molecule has 0 radical (unpaired) electrons. The minimum absolute atomic E-state index is 0.0939. The van der Waals surface area contributed by atoms with E-state index in [-0.39, 0.29) is 11.6 Å². The molecule has 7 heteroatoms. The highest BCUT2D eigenvalue weighted by Gasteiger charge is 2.21. The summed E-state index contributed by atoms with van der Waals surface area (Å²) in [6.07, 6.45) is 7.35. The number of hydrogen-bond donors (Lipinski definition) is 3. The Morgan fingerprint density at radius 2 is 2.17 bits per heavy atom. The predicted octanol–water partition coefficient (Wildman–Crippen LogP) is 0.727. The first-order valence-electron chi connectivity index (χ1n) is 6.35. The Morgan fingerprint density at radius 3 is 2.83 bits per heavy atom. The predicted molar refractivity (Wildman–Crippen MR) is 68.2 cm³/mol. The van der Waals surface area contributed by atoms with Crippen molar-refractivity contribution in [2.24, 2.45) is 11.7 Å². The lowest BCUT2D eigenvalue weighted by atomic mass is 10.1. The Morgan fingerprint density at radius 1 is 1.44 bits per heavy atom. The van der Waals surface area contributed by atoms with Crippen LogP contribution in [0.1, 0.15) is 37.7 Å². The lowest BCUT2D eigenvalue weighted by Crippen LogP contribution is -2.27. The van der Waals surface area contributed by atoms with Gasteiger partial charge in [0.15, 0.2) is 5.03 Å². The number of nitrogens with two attached hydrogens (primary N) is 1. The molecule has 1 saturated carbocycles. The Balaban J connectivity index is 1.91. The maximum absolute atomic E-state index is 12.0. The average molecular weight is 272 g/mol. The van der Waals surface area contributed by atoms with E-state index in [1.807, 2.05) is 0 Å². The summed E-state index contributed by atoms with van der Waals surface area (Å²) in [6.45, 7) is 0.644. The van der Waals surface area contributed by atoms with Crippen LogP contribution in [0.3, 0.4) is 0 Å². The van der Waals surface area contributed by atoms with Crippen LogP contribution < -0.4 is 10.5 Å². The van der Waals surface area contributed by atoms with Crippen molar-refractivity contribution in [1.29, 1.82) is 0 Å². The topological polar surface area (TPSA) is 101 Å². The van der Waals surface area contributed by atoms with E-state index in [2.05, 4.69) is 14.9 Å². The summed E-state index contributed by atoms with van der Waals surface area (Å²) in [5, 5.41) is 6.31. The van der Waals surface area contributed by atoms with Crippen molar-refractivity contribution < 1.29 is 8.42 Å². The summed E-state index contributed by atoms with van der Waals surface area (Å²) >= 11 is 0. The number of hydrogen-bond acceptors (Lipinski definition) is 4. The Hall–Kier alpha value is -0.920. The van der Waals surface area contributed by atoms with Gasteiger partial charge >= 0.3 is 0 Å². The molecule has 4 N–H and O–H groups in total. The largest absolute Gasteiger partial charge is 0.326 e. The summed E-state index contributed by atoms with van der Waals surface area (Å²) in [4.78, 5) is 0. The SMILES string of the molecule is NCc1cn[nH]c1S(=O)(=O)NCCC1CCCC1. The monoisotopic (exact) mass is 272 g/mol. The zero-order valence-corrected chi connectivity index (χ0v) is 11.2. The number of nitrogens with one attached hydrogen (secondary N) is 2. The second-order valence-electron chi connectivity index (χ2n) is 4.77. The van der Waals surface area contributed by atoms with Gasteiger partial charge in [0.1, 0.15) is 0 Å². The molecule has 0 aliphatic heterocycles. The summed E-state index contributed by atoms with van der Waals surface area (Å²) in [6, 6.07) is 0. The molecule has 1 aromatic heterocycles. The minimum atomic E-state index is -3.50. The number of H-pyrrole nitrogens is 1. The molecule has 2 rings (SSSR count). The second-order valence-corrected chi connectivity index (χ2v) is 6.47. The molecule has 0 aromatic carbocycles. The molecule has 0 spiro atoms. The highest BCUT2D eigenvalue weighted by molar-refractivity contribution is 7.89. The third-order valence-corrected chi connectivity index (χ3v) is 4.96. The van der Waals surface area contributed by atoms with Crippen LogP contribution >= 0.6 is 0 Å². The van der Waals surface area contributed by atoms with Crippen molar-refractivity contribution in [2.45, 2.75) is 43.7 Å². The molecule has 0 bridgehead atoms. The van der Waals surface area contributed by atoms with Gasteiger partial charge in [0, 0.05) is 18.7 Å². The van der Waals surface area contributed by atoms with Gasteiger partial charge in [-0.05, 0) is 12.3 Å². The van der Waals surface area contributed by atoms with E-state index in [1.54, 1.807) is 0 Å². The highest BCUT2D eigenvalue weighted by Crippen LogP contribution is 2.27. The summed E-state index contributed by atoms with van der Waals surface area (Å²) in [7, 11) is -3.50. The zero-order valence-electron chi connectivity index (χ0n) is 10.4. The van der Waals surface area contributed by atoms with Crippen LogP contribution in [0.4, 0.5) is 0 Å². The molecule has 102 valence electrons. The Bertz CT molecular complexity index is 477. The van der Waals surface area contributed by atoms with Gasteiger partial charge in [-0.3, -0.25) is 5.10 Å². The smallest absolute Gasteiger partial charge is 0.257 e. The van der Waals surface area contributed by atoms with E-state index in [9.17, 15) is 8.42 Å². The summed E-state index contributed by atoms with van der Waals surface area (Å²) < 4.78 is 26.6. The van der Waals surface area contributed by atoms with Crippen LogP contribution in [0.25, 0.3) is 0 Å². The molecule has 1 heterocycles. The molecule has 1 aliphatic rings. The van der Waals surface area contributed by atoms with Crippen molar-refractivity contribution in [2.75, 3.05) is 6.54 Å². The first-order chi connectivity index (χ1) is 8.63. The van der Waals surface area contributed by atoms with Gasteiger partial charge in [0.25, 0.3) is 10.0 Å². The summed E-state index contributed by atoms with van der Waals surface area (Å²) in [5.41, 5.74) is 5.98. The number of aromatic nitrogens is 2. The van der Waals surface area contributed by atoms with Gasteiger partial charge in [-0.25, -0.2) is 13.1 Å². The fourth-order valence-corrected chi connectivity index (χ4v) is 3.63. The van der Waals surface area contributed by atoms with Crippen LogP contribution in [0, 0.1) is 5.92 Å². The van der Waals surface area contributed by atoms with Crippen molar-refractivity contribution in [3.05, 3.63) is 11.8 Å². The molecular formula is C11H20N4O2S. The van der Waals surface area contributed by atoms with E-state index in [0.717, 1.165) is 6.42 Å². The van der Waals surface area contributed by atoms with Crippen LogP contribution in [0.2, 0.25) is 0 Å². The first-order valence-corrected chi connectivity index (χ1v) is 7.84. The van der Waals surface area contributed by atoms with Crippen LogP contribution in [-0.4, -0.2) is 25.2 Å². The molecule has 1 fully saturated rings. The third-order valence-electron chi connectivity index (χ3n) is 3.49. The number of aromatic amines is 1. The Kier molecular flexibility index (Phi) is 4.36. The zero-order chi connectivity index (χ0) is 13.0. The number of nitrogens with zero attached hydrogens (tertiary/aromatic N) is 1.